The summed E-state index contributed by atoms with van der Waals surface area (Å²) in [6.45, 7) is 4.17. The Balaban J connectivity index is 1.85. The molecule has 4 rings (SSSR count). The Bertz CT molecular complexity index is 1500. The van der Waals surface area contributed by atoms with E-state index in [0.717, 1.165) is 16.0 Å². The molecule has 2 aromatic heterocycles. The second-order valence-electron chi connectivity index (χ2n) is 7.37. The Hall–Kier alpha value is -3.89. The number of carbonyl (C=O) groups excluding carboxylic acids is 2. The van der Waals surface area contributed by atoms with Gasteiger partial charge in [0.25, 0.3) is 11.5 Å². The number of carbonyl (C=O) groups is 2. The van der Waals surface area contributed by atoms with E-state index in [1.807, 2.05) is 6.92 Å². The number of rotatable bonds is 8. The summed E-state index contributed by atoms with van der Waals surface area (Å²) in [5, 5.41) is 9.64. The van der Waals surface area contributed by atoms with Crippen LogP contribution in [0.25, 0.3) is 16.5 Å². The van der Waals surface area contributed by atoms with Gasteiger partial charge in [-0.3, -0.25) is 9.59 Å². The monoisotopic (exact) mass is 527 g/mol. The molecule has 9 nitrogen and oxygen atoms in total. The molecule has 1 N–H and O–H groups in total. The van der Waals surface area contributed by atoms with Crippen LogP contribution in [0.1, 0.15) is 34.7 Å². The quantitative estimate of drug-likeness (QED) is 0.323. The molecular weight excluding hydrogens is 506 g/mol. The Morgan fingerprint density at radius 1 is 1.11 bits per heavy atom. The molecule has 0 fully saturated rings. The van der Waals surface area contributed by atoms with Crippen molar-refractivity contribution in [2.45, 2.75) is 13.8 Å². The molecule has 11 heteroatoms. The van der Waals surface area contributed by atoms with E-state index in [9.17, 15) is 14.4 Å². The molecule has 0 atom stereocenters. The van der Waals surface area contributed by atoms with Gasteiger partial charge in [-0.05, 0) is 56.3 Å². The van der Waals surface area contributed by atoms with Crippen molar-refractivity contribution in [1.82, 2.24) is 9.78 Å². The van der Waals surface area contributed by atoms with E-state index in [0.29, 0.717) is 28.8 Å². The fourth-order valence-corrected chi connectivity index (χ4v) is 4.65. The van der Waals surface area contributed by atoms with Gasteiger partial charge in [0.15, 0.2) is 5.69 Å². The molecule has 0 radical (unpaired) electrons. The minimum atomic E-state index is -0.686. The molecule has 0 aliphatic carbocycles. The number of thiophene rings is 1. The van der Waals surface area contributed by atoms with E-state index >= 15 is 0 Å². The molecule has 36 heavy (non-hydrogen) atoms. The van der Waals surface area contributed by atoms with Gasteiger partial charge in [-0.2, -0.15) is 9.78 Å². The Morgan fingerprint density at radius 2 is 1.86 bits per heavy atom. The van der Waals surface area contributed by atoms with Crippen LogP contribution in [0, 0.1) is 0 Å². The van der Waals surface area contributed by atoms with E-state index in [2.05, 4.69) is 10.4 Å². The summed E-state index contributed by atoms with van der Waals surface area (Å²) in [5.41, 5.74) is 0.0446. The van der Waals surface area contributed by atoms with Crippen molar-refractivity contribution < 1.29 is 23.8 Å². The third-order valence-corrected chi connectivity index (χ3v) is 6.28. The summed E-state index contributed by atoms with van der Waals surface area (Å²) in [7, 11) is 1.44. The number of hydrogen-bond donors (Lipinski definition) is 1. The lowest BCUT2D eigenvalue weighted by atomic mass is 10.1. The zero-order valence-corrected chi connectivity index (χ0v) is 21.2. The van der Waals surface area contributed by atoms with Crippen LogP contribution >= 0.6 is 22.9 Å². The summed E-state index contributed by atoms with van der Waals surface area (Å²) in [6.07, 6.45) is 0. The maximum absolute atomic E-state index is 13.6. The molecule has 2 heterocycles. The summed E-state index contributed by atoms with van der Waals surface area (Å²) in [4.78, 5) is 39.4. The van der Waals surface area contributed by atoms with Crippen molar-refractivity contribution in [1.29, 1.82) is 0 Å². The average molecular weight is 528 g/mol. The molecule has 0 bridgehead atoms. The first-order chi connectivity index (χ1) is 17.4. The number of anilines is 1. The van der Waals surface area contributed by atoms with Gasteiger partial charge in [0.05, 0.1) is 37.0 Å². The van der Waals surface area contributed by atoms with Crippen LogP contribution in [0.3, 0.4) is 0 Å². The van der Waals surface area contributed by atoms with Crippen LogP contribution < -0.4 is 20.3 Å². The number of aromatic nitrogens is 2. The highest BCUT2D eigenvalue weighted by molar-refractivity contribution is 7.16. The normalized spacial score (nSPS) is 10.8. The van der Waals surface area contributed by atoms with Gasteiger partial charge in [0.1, 0.15) is 16.5 Å². The molecule has 0 saturated carbocycles. The largest absolute Gasteiger partial charge is 0.496 e. The molecule has 0 aliphatic rings. The highest BCUT2D eigenvalue weighted by Gasteiger charge is 2.24. The van der Waals surface area contributed by atoms with Gasteiger partial charge in [0, 0.05) is 15.8 Å². The number of esters is 1. The summed E-state index contributed by atoms with van der Waals surface area (Å²) in [5.74, 6) is -0.271. The van der Waals surface area contributed by atoms with Gasteiger partial charge in [-0.25, -0.2) is 4.79 Å². The first kappa shape index (κ1) is 25.2. The van der Waals surface area contributed by atoms with E-state index in [4.69, 9.17) is 25.8 Å². The number of nitrogens with one attached hydrogen (secondary N) is 1. The number of methoxy groups -OCH3 is 1. The minimum absolute atomic E-state index is 0.0441. The highest BCUT2D eigenvalue weighted by Crippen LogP contribution is 2.32. The van der Waals surface area contributed by atoms with E-state index in [1.165, 1.54) is 13.2 Å². The molecule has 1 amide bonds. The van der Waals surface area contributed by atoms with Crippen molar-refractivity contribution in [2.75, 3.05) is 25.6 Å². The minimum Gasteiger partial charge on any atom is -0.496 e. The maximum atomic E-state index is 13.6. The number of nitrogens with zero attached hydrogens (tertiary/aromatic N) is 2. The number of halogens is 1. The lowest BCUT2D eigenvalue weighted by Gasteiger charge is -2.11. The zero-order chi connectivity index (χ0) is 25.8. The van der Waals surface area contributed by atoms with E-state index in [-0.39, 0.29) is 33.6 Å². The second-order valence-corrected chi connectivity index (χ2v) is 8.68. The molecule has 0 unspecified atom stereocenters. The van der Waals surface area contributed by atoms with Crippen LogP contribution in [0.15, 0.2) is 52.6 Å². The van der Waals surface area contributed by atoms with Gasteiger partial charge >= 0.3 is 5.97 Å². The predicted octanol–water partition coefficient (Wildman–Crippen LogP) is 4.94. The molecule has 0 saturated heterocycles. The van der Waals surface area contributed by atoms with Crippen molar-refractivity contribution in [3.8, 4) is 17.2 Å². The van der Waals surface area contributed by atoms with Crippen molar-refractivity contribution in [3.63, 3.8) is 0 Å². The number of ether oxygens (including phenoxy) is 3. The number of fused-ring (bicyclic) bond motifs is 1. The highest BCUT2D eigenvalue weighted by atomic mass is 35.5. The van der Waals surface area contributed by atoms with Gasteiger partial charge < -0.3 is 19.5 Å². The van der Waals surface area contributed by atoms with E-state index < -0.39 is 17.4 Å². The predicted molar refractivity (Wildman–Crippen MR) is 138 cm³/mol. The Kier molecular flexibility index (Phi) is 7.56. The summed E-state index contributed by atoms with van der Waals surface area (Å²) < 4.78 is 17.0. The molecule has 2 aromatic carbocycles. The first-order valence-electron chi connectivity index (χ1n) is 11.0. The van der Waals surface area contributed by atoms with Crippen molar-refractivity contribution in [2.24, 2.45) is 0 Å². The standard InChI is InChI=1S/C25H22ClN3O6S/c1-4-34-16-9-7-15(8-10-16)29-24(31)20-18(21(28-29)25(32)35-5-2)13-36-23(20)27-22(30)17-12-14(26)6-11-19(17)33-3/h6-13H,4-5H2,1-3H3,(H,27,30). The summed E-state index contributed by atoms with van der Waals surface area (Å²) >= 11 is 7.16. The SMILES string of the molecule is CCOC(=O)c1nn(-c2ccc(OCC)cc2)c(=O)c2c(NC(=O)c3cc(Cl)ccc3OC)scc12. The van der Waals surface area contributed by atoms with E-state index in [1.54, 1.807) is 48.7 Å². The van der Waals surface area contributed by atoms with Crippen LogP contribution in [-0.2, 0) is 4.74 Å². The molecular formula is C25H22ClN3O6S. The fraction of sp³-hybridized carbons (Fsp3) is 0.200. The number of hydrogen-bond acceptors (Lipinski definition) is 8. The lowest BCUT2D eigenvalue weighted by Crippen LogP contribution is -2.25. The number of amides is 1. The first-order valence-corrected chi connectivity index (χ1v) is 12.2. The van der Waals surface area contributed by atoms with Gasteiger partial charge in [0.2, 0.25) is 0 Å². The van der Waals surface area contributed by atoms with Gasteiger partial charge in [-0.15, -0.1) is 11.3 Å². The smallest absolute Gasteiger partial charge is 0.359 e. The Labute approximate surface area is 215 Å². The van der Waals surface area contributed by atoms with Crippen LogP contribution in [-0.4, -0.2) is 42.0 Å². The van der Waals surface area contributed by atoms with Gasteiger partial charge in [-0.1, -0.05) is 11.6 Å². The van der Waals surface area contributed by atoms with Crippen LogP contribution in [0.5, 0.6) is 11.5 Å². The van der Waals surface area contributed by atoms with Crippen LogP contribution in [0.4, 0.5) is 5.00 Å². The van der Waals surface area contributed by atoms with Crippen molar-refractivity contribution in [3.05, 3.63) is 74.5 Å². The maximum Gasteiger partial charge on any atom is 0.359 e. The third kappa shape index (κ3) is 4.91. The lowest BCUT2D eigenvalue weighted by molar-refractivity contribution is 0.0520. The van der Waals surface area contributed by atoms with Crippen LogP contribution in [0.2, 0.25) is 5.02 Å². The average Bonchev–Trinajstić information content (AvgIpc) is 3.29. The van der Waals surface area contributed by atoms with Crippen molar-refractivity contribution >= 4 is 50.6 Å². The molecule has 4 aromatic rings. The molecule has 186 valence electrons. The molecule has 0 spiro atoms. The topological polar surface area (TPSA) is 109 Å². The number of benzene rings is 2. The molecule has 0 aliphatic heterocycles. The summed E-state index contributed by atoms with van der Waals surface area (Å²) in [6, 6.07) is 11.3. The second kappa shape index (κ2) is 10.8. The third-order valence-electron chi connectivity index (χ3n) is 5.15. The fourth-order valence-electron chi connectivity index (χ4n) is 3.55. The Morgan fingerprint density at radius 3 is 2.53 bits per heavy atom. The zero-order valence-electron chi connectivity index (χ0n) is 19.7.